The predicted octanol–water partition coefficient (Wildman–Crippen LogP) is 6.89. The largest absolute Gasteiger partial charge is 0.480 e. The molecule has 0 bridgehead atoms. The molecule has 4 aliphatic rings. The maximum Gasteiger partial charge on any atom is 0.325 e. The summed E-state index contributed by atoms with van der Waals surface area (Å²) >= 11 is 0. The van der Waals surface area contributed by atoms with Crippen molar-refractivity contribution >= 4 is 11.8 Å². The first-order valence-corrected chi connectivity index (χ1v) is 15.7. The van der Waals surface area contributed by atoms with E-state index in [1.54, 1.807) is 6.07 Å². The molecule has 2 atom stereocenters. The topological polar surface area (TPSA) is 74.7 Å². The van der Waals surface area contributed by atoms with Crippen LogP contribution in [0.1, 0.15) is 98.6 Å². The van der Waals surface area contributed by atoms with Crippen LogP contribution in [0.5, 0.6) is 0 Å². The number of carbonyl (C=O) groups is 1. The van der Waals surface area contributed by atoms with Crippen LogP contribution in [0.3, 0.4) is 0 Å². The molecule has 1 aromatic carbocycles. The Kier molecular flexibility index (Phi) is 8.51. The van der Waals surface area contributed by atoms with Gasteiger partial charge in [-0.15, -0.1) is 0 Å². The highest BCUT2D eigenvalue weighted by Crippen LogP contribution is 2.61. The summed E-state index contributed by atoms with van der Waals surface area (Å²) < 4.78 is 47.9. The third kappa shape index (κ3) is 6.47. The van der Waals surface area contributed by atoms with Crippen LogP contribution in [-0.4, -0.2) is 59.2 Å². The Balaban J connectivity index is 1.02. The molecule has 1 saturated heterocycles. The first kappa shape index (κ1) is 29.4. The molecule has 1 spiro atoms. The van der Waals surface area contributed by atoms with E-state index in [1.165, 1.54) is 17.7 Å². The standard InChI is InChI=1S/C33H42F3N3O3/c34-24-7-9-27(22-10-13-32(14-11-22)20-33(35,36)21-32)28(18-24)29(31(40)41)39-16-12-26(19-39)42-17-2-1-5-25-8-6-23-4-3-15-37-30(23)38-25/h6-9,18,22,26,29H,1-5,10-17,19-21H2,(H,37,38)(H,40,41)/t26-,29-/m1/s1. The lowest BCUT2D eigenvalue weighted by Gasteiger charge is -2.51. The Hall–Kier alpha value is -2.65. The zero-order valence-corrected chi connectivity index (χ0v) is 24.2. The number of fused-ring (bicyclic) bond motifs is 1. The molecule has 0 amide bonds. The summed E-state index contributed by atoms with van der Waals surface area (Å²) in [6.07, 6.45) is 8.43. The van der Waals surface area contributed by atoms with Gasteiger partial charge in [0.05, 0.1) is 6.10 Å². The van der Waals surface area contributed by atoms with Crippen LogP contribution < -0.4 is 5.32 Å². The Bertz CT molecular complexity index is 1270. The molecule has 6 nitrogen and oxygen atoms in total. The number of nitrogens with zero attached hydrogens (tertiary/aromatic N) is 2. The zero-order chi connectivity index (χ0) is 29.3. The number of halogens is 3. The first-order chi connectivity index (χ1) is 20.2. The molecule has 42 heavy (non-hydrogen) atoms. The highest BCUT2D eigenvalue weighted by Gasteiger charge is 2.57. The molecule has 2 aliphatic heterocycles. The number of likely N-dealkylation sites (tertiary alicyclic amines) is 1. The Morgan fingerprint density at radius 3 is 2.71 bits per heavy atom. The summed E-state index contributed by atoms with van der Waals surface area (Å²) in [6.45, 7) is 2.62. The molecule has 2 aliphatic carbocycles. The number of hydrogen-bond donors (Lipinski definition) is 2. The zero-order valence-electron chi connectivity index (χ0n) is 24.2. The second-order valence-corrected chi connectivity index (χ2v) is 13.1. The Morgan fingerprint density at radius 2 is 1.95 bits per heavy atom. The first-order valence-electron chi connectivity index (χ1n) is 15.7. The molecule has 1 aromatic heterocycles. The number of aromatic nitrogens is 1. The molecule has 9 heteroatoms. The van der Waals surface area contributed by atoms with E-state index < -0.39 is 23.8 Å². The number of aliphatic carboxylic acids is 1. The molecule has 6 rings (SSSR count). The van der Waals surface area contributed by atoms with Crippen LogP contribution in [-0.2, 0) is 22.4 Å². The monoisotopic (exact) mass is 585 g/mol. The van der Waals surface area contributed by atoms with Gasteiger partial charge < -0.3 is 15.2 Å². The molecule has 2 saturated carbocycles. The molecule has 3 fully saturated rings. The molecule has 0 radical (unpaired) electrons. The minimum absolute atomic E-state index is 0.0433. The number of aryl methyl sites for hydroxylation is 2. The molecule has 2 N–H and O–H groups in total. The smallest absolute Gasteiger partial charge is 0.325 e. The number of ether oxygens (including phenoxy) is 1. The Labute approximate surface area is 246 Å². The van der Waals surface area contributed by atoms with E-state index in [-0.39, 0.29) is 30.3 Å². The number of carboxylic acid groups (broad SMARTS) is 1. The summed E-state index contributed by atoms with van der Waals surface area (Å²) in [7, 11) is 0. The summed E-state index contributed by atoms with van der Waals surface area (Å²) in [4.78, 5) is 19.2. The summed E-state index contributed by atoms with van der Waals surface area (Å²) in [5.74, 6) is -2.93. The Morgan fingerprint density at radius 1 is 1.14 bits per heavy atom. The van der Waals surface area contributed by atoms with Crippen LogP contribution in [0.2, 0.25) is 0 Å². The third-order valence-corrected chi connectivity index (χ3v) is 10.0. The normalized spacial score (nSPS) is 24.1. The van der Waals surface area contributed by atoms with E-state index in [0.717, 1.165) is 75.0 Å². The van der Waals surface area contributed by atoms with E-state index in [2.05, 4.69) is 17.4 Å². The number of benzene rings is 1. The maximum atomic E-state index is 14.5. The summed E-state index contributed by atoms with van der Waals surface area (Å²) in [5, 5.41) is 13.7. The average molecular weight is 586 g/mol. The number of alkyl halides is 2. The van der Waals surface area contributed by atoms with Crippen molar-refractivity contribution in [2.24, 2.45) is 5.41 Å². The van der Waals surface area contributed by atoms with Gasteiger partial charge in [-0.05, 0) is 110 Å². The highest BCUT2D eigenvalue weighted by atomic mass is 19.3. The van der Waals surface area contributed by atoms with Gasteiger partial charge in [-0.2, -0.15) is 0 Å². The van der Waals surface area contributed by atoms with Crippen molar-refractivity contribution in [2.75, 3.05) is 31.6 Å². The lowest BCUT2D eigenvalue weighted by atomic mass is 9.56. The number of unbranched alkanes of at least 4 members (excludes halogenated alkanes) is 1. The van der Waals surface area contributed by atoms with Crippen molar-refractivity contribution in [1.82, 2.24) is 9.88 Å². The SMILES string of the molecule is O=C(O)[C@@H](c1cc(F)ccc1C1CCC2(CC1)CC(F)(F)C2)N1CC[C@@H](OCCCCc2ccc3c(n2)NCCC3)C1. The van der Waals surface area contributed by atoms with Gasteiger partial charge in [0, 0.05) is 44.8 Å². The third-order valence-electron chi connectivity index (χ3n) is 10.0. The van der Waals surface area contributed by atoms with Gasteiger partial charge in [0.15, 0.2) is 0 Å². The average Bonchev–Trinajstić information content (AvgIpc) is 3.40. The quantitative estimate of drug-likeness (QED) is 0.296. The van der Waals surface area contributed by atoms with Gasteiger partial charge in [-0.25, -0.2) is 18.2 Å². The van der Waals surface area contributed by atoms with E-state index in [9.17, 15) is 23.1 Å². The van der Waals surface area contributed by atoms with Crippen molar-refractivity contribution in [1.29, 1.82) is 0 Å². The lowest BCUT2D eigenvalue weighted by molar-refractivity contribution is -0.173. The number of anilines is 1. The maximum absolute atomic E-state index is 14.5. The fourth-order valence-electron chi connectivity index (χ4n) is 7.87. The highest BCUT2D eigenvalue weighted by molar-refractivity contribution is 5.76. The van der Waals surface area contributed by atoms with Crippen LogP contribution in [0.15, 0.2) is 30.3 Å². The molecule has 3 heterocycles. The fourth-order valence-corrected chi connectivity index (χ4v) is 7.87. The van der Waals surface area contributed by atoms with Crippen LogP contribution in [0, 0.1) is 11.2 Å². The number of rotatable bonds is 10. The van der Waals surface area contributed by atoms with E-state index in [0.29, 0.717) is 38.1 Å². The van der Waals surface area contributed by atoms with Crippen molar-refractivity contribution in [3.63, 3.8) is 0 Å². The van der Waals surface area contributed by atoms with Gasteiger partial charge in [-0.1, -0.05) is 12.1 Å². The van der Waals surface area contributed by atoms with E-state index in [4.69, 9.17) is 9.72 Å². The number of pyridine rings is 1. The van der Waals surface area contributed by atoms with Crippen LogP contribution in [0.4, 0.5) is 19.0 Å². The molecule has 0 unspecified atom stereocenters. The van der Waals surface area contributed by atoms with Gasteiger partial charge in [-0.3, -0.25) is 9.69 Å². The van der Waals surface area contributed by atoms with Gasteiger partial charge in [0.2, 0.25) is 5.92 Å². The van der Waals surface area contributed by atoms with Gasteiger partial charge in [0.25, 0.3) is 0 Å². The van der Waals surface area contributed by atoms with E-state index >= 15 is 0 Å². The molecule has 228 valence electrons. The van der Waals surface area contributed by atoms with Crippen molar-refractivity contribution in [2.45, 2.75) is 101 Å². The summed E-state index contributed by atoms with van der Waals surface area (Å²) in [6, 6.07) is 7.81. The van der Waals surface area contributed by atoms with Crippen LogP contribution in [0.25, 0.3) is 0 Å². The van der Waals surface area contributed by atoms with Crippen molar-refractivity contribution < 1.29 is 27.8 Å². The van der Waals surface area contributed by atoms with Crippen LogP contribution >= 0.6 is 0 Å². The minimum Gasteiger partial charge on any atom is -0.480 e. The van der Waals surface area contributed by atoms with E-state index in [1.807, 2.05) is 4.90 Å². The molecular formula is C33H42F3N3O3. The number of nitrogens with one attached hydrogen (secondary N) is 1. The summed E-state index contributed by atoms with van der Waals surface area (Å²) in [5.41, 5.74) is 3.44. The van der Waals surface area contributed by atoms with Crippen molar-refractivity contribution in [3.05, 3.63) is 58.5 Å². The van der Waals surface area contributed by atoms with Gasteiger partial charge >= 0.3 is 5.97 Å². The second-order valence-electron chi connectivity index (χ2n) is 13.1. The van der Waals surface area contributed by atoms with Crippen molar-refractivity contribution in [3.8, 4) is 0 Å². The molecule has 2 aromatic rings. The lowest BCUT2D eigenvalue weighted by Crippen LogP contribution is -2.47. The second kappa shape index (κ2) is 12.2. The number of hydrogen-bond acceptors (Lipinski definition) is 5. The predicted molar refractivity (Wildman–Crippen MR) is 155 cm³/mol. The number of carboxylic acids is 1. The van der Waals surface area contributed by atoms with Gasteiger partial charge in [0.1, 0.15) is 17.7 Å². The minimum atomic E-state index is -2.55. The molecular weight excluding hydrogens is 543 g/mol. The fraction of sp³-hybridized carbons (Fsp3) is 0.636.